The van der Waals surface area contributed by atoms with Crippen molar-refractivity contribution in [1.29, 1.82) is 0 Å². The molecule has 24 heavy (non-hydrogen) atoms. The van der Waals surface area contributed by atoms with Crippen LogP contribution in [0.1, 0.15) is 62.5 Å². The zero-order valence-corrected chi connectivity index (χ0v) is 14.7. The van der Waals surface area contributed by atoms with E-state index in [9.17, 15) is 10.2 Å². The molecule has 2 fully saturated rings. The largest absolute Gasteiger partial charge is 0.392 e. The van der Waals surface area contributed by atoms with Crippen LogP contribution in [0.4, 0.5) is 0 Å². The SMILES string of the molecule is CC1(C=CC(O)C2CCCCC2)C(O)CC2c3ccccc3CC21. The number of benzene rings is 1. The van der Waals surface area contributed by atoms with Crippen molar-refractivity contribution in [1.82, 2.24) is 0 Å². The lowest BCUT2D eigenvalue weighted by Gasteiger charge is -2.32. The monoisotopic (exact) mass is 326 g/mol. The number of hydrogen-bond donors (Lipinski definition) is 2. The van der Waals surface area contributed by atoms with Gasteiger partial charge in [0.25, 0.3) is 0 Å². The van der Waals surface area contributed by atoms with E-state index in [0.29, 0.717) is 17.8 Å². The van der Waals surface area contributed by atoms with Crippen molar-refractivity contribution < 1.29 is 10.2 Å². The molecule has 1 aromatic rings. The van der Waals surface area contributed by atoms with Gasteiger partial charge in [-0.1, -0.05) is 62.6 Å². The van der Waals surface area contributed by atoms with Crippen molar-refractivity contribution in [3.63, 3.8) is 0 Å². The average Bonchev–Trinajstić information content (AvgIpc) is 3.09. The summed E-state index contributed by atoms with van der Waals surface area (Å²) in [5.74, 6) is 1.34. The first-order chi connectivity index (χ1) is 11.6. The Balaban J connectivity index is 1.53. The van der Waals surface area contributed by atoms with Crippen LogP contribution in [0, 0.1) is 17.3 Å². The van der Waals surface area contributed by atoms with E-state index in [4.69, 9.17) is 0 Å². The van der Waals surface area contributed by atoms with Crippen molar-refractivity contribution in [2.24, 2.45) is 17.3 Å². The lowest BCUT2D eigenvalue weighted by Crippen LogP contribution is -2.32. The maximum absolute atomic E-state index is 10.8. The van der Waals surface area contributed by atoms with Crippen molar-refractivity contribution in [2.45, 2.75) is 70.0 Å². The molecular formula is C22H30O2. The van der Waals surface area contributed by atoms with Gasteiger partial charge in [0.05, 0.1) is 12.2 Å². The molecule has 0 spiro atoms. The molecule has 0 radical (unpaired) electrons. The normalized spacial score (nSPS) is 37.5. The fraction of sp³-hybridized carbons (Fsp3) is 0.636. The van der Waals surface area contributed by atoms with Gasteiger partial charge in [0.2, 0.25) is 0 Å². The maximum atomic E-state index is 10.8. The molecule has 0 aliphatic heterocycles. The molecule has 0 saturated heterocycles. The third-order valence-corrected chi connectivity index (χ3v) is 7.16. The first kappa shape index (κ1) is 16.4. The summed E-state index contributed by atoms with van der Waals surface area (Å²) in [4.78, 5) is 0. The Bertz CT molecular complexity index is 616. The van der Waals surface area contributed by atoms with E-state index in [1.54, 1.807) is 0 Å². The molecule has 4 rings (SSSR count). The van der Waals surface area contributed by atoms with Gasteiger partial charge in [-0.3, -0.25) is 0 Å². The van der Waals surface area contributed by atoms with Crippen LogP contribution < -0.4 is 0 Å². The molecule has 2 heteroatoms. The van der Waals surface area contributed by atoms with E-state index in [2.05, 4.69) is 37.3 Å². The highest BCUT2D eigenvalue weighted by Crippen LogP contribution is 2.58. The van der Waals surface area contributed by atoms with Gasteiger partial charge in [-0.2, -0.15) is 0 Å². The Labute approximate surface area is 145 Å². The van der Waals surface area contributed by atoms with Gasteiger partial charge in [-0.05, 0) is 54.6 Å². The minimum absolute atomic E-state index is 0.223. The first-order valence-electron chi connectivity index (χ1n) is 9.73. The third-order valence-electron chi connectivity index (χ3n) is 7.16. The fourth-order valence-electron chi connectivity index (χ4n) is 5.54. The molecule has 2 N–H and O–H groups in total. The molecule has 0 bridgehead atoms. The van der Waals surface area contributed by atoms with Gasteiger partial charge < -0.3 is 10.2 Å². The molecule has 3 aliphatic rings. The molecule has 0 amide bonds. The van der Waals surface area contributed by atoms with E-state index in [1.165, 1.54) is 30.4 Å². The minimum atomic E-state index is -0.350. The Hall–Kier alpha value is -1.12. The highest BCUT2D eigenvalue weighted by Gasteiger charge is 2.53. The third kappa shape index (κ3) is 2.64. The number of aliphatic hydroxyl groups is 2. The predicted octanol–water partition coefficient (Wildman–Crippen LogP) is 4.21. The Morgan fingerprint density at radius 2 is 1.92 bits per heavy atom. The van der Waals surface area contributed by atoms with Gasteiger partial charge in [-0.25, -0.2) is 0 Å². The van der Waals surface area contributed by atoms with E-state index in [0.717, 1.165) is 25.7 Å². The number of fused-ring (bicyclic) bond motifs is 3. The van der Waals surface area contributed by atoms with E-state index >= 15 is 0 Å². The van der Waals surface area contributed by atoms with Crippen LogP contribution in [0.25, 0.3) is 0 Å². The van der Waals surface area contributed by atoms with Gasteiger partial charge in [0.1, 0.15) is 0 Å². The van der Waals surface area contributed by atoms with Crippen molar-refractivity contribution >= 4 is 0 Å². The van der Waals surface area contributed by atoms with Crippen LogP contribution in [0.2, 0.25) is 0 Å². The summed E-state index contributed by atoms with van der Waals surface area (Å²) in [5.41, 5.74) is 2.66. The summed E-state index contributed by atoms with van der Waals surface area (Å²) in [5, 5.41) is 21.4. The van der Waals surface area contributed by atoms with Crippen LogP contribution in [0.3, 0.4) is 0 Å². The Morgan fingerprint density at radius 1 is 1.17 bits per heavy atom. The molecule has 3 aliphatic carbocycles. The van der Waals surface area contributed by atoms with Crippen LogP contribution in [0.5, 0.6) is 0 Å². The number of rotatable bonds is 3. The second-order valence-electron chi connectivity index (χ2n) is 8.48. The molecule has 0 aromatic heterocycles. The zero-order chi connectivity index (χ0) is 16.7. The zero-order valence-electron chi connectivity index (χ0n) is 14.7. The fourth-order valence-corrected chi connectivity index (χ4v) is 5.54. The standard InChI is InChI=1S/C22H30O2/c1-22(12-11-20(23)15-7-3-2-4-8-15)19-13-16-9-5-6-10-17(16)18(19)14-21(22)24/h5-6,9-12,15,18-21,23-24H,2-4,7-8,13-14H2,1H3. The molecule has 1 aromatic carbocycles. The maximum Gasteiger partial charge on any atom is 0.0749 e. The average molecular weight is 326 g/mol. The van der Waals surface area contributed by atoms with Crippen molar-refractivity contribution in [2.75, 3.05) is 0 Å². The summed E-state index contributed by atoms with van der Waals surface area (Å²) in [6.45, 7) is 2.19. The lowest BCUT2D eigenvalue weighted by molar-refractivity contribution is 0.0738. The van der Waals surface area contributed by atoms with Crippen LogP contribution >= 0.6 is 0 Å². The van der Waals surface area contributed by atoms with E-state index < -0.39 is 0 Å². The van der Waals surface area contributed by atoms with Crippen LogP contribution in [-0.2, 0) is 6.42 Å². The first-order valence-corrected chi connectivity index (χ1v) is 9.73. The van der Waals surface area contributed by atoms with Gasteiger partial charge in [-0.15, -0.1) is 0 Å². The predicted molar refractivity (Wildman–Crippen MR) is 96.8 cm³/mol. The summed E-state index contributed by atoms with van der Waals surface area (Å²) in [6, 6.07) is 8.71. The smallest absolute Gasteiger partial charge is 0.0749 e. The lowest BCUT2D eigenvalue weighted by atomic mass is 9.75. The minimum Gasteiger partial charge on any atom is -0.392 e. The second kappa shape index (κ2) is 6.31. The molecule has 2 nitrogen and oxygen atoms in total. The Morgan fingerprint density at radius 3 is 2.71 bits per heavy atom. The summed E-state index contributed by atoms with van der Waals surface area (Å²) >= 11 is 0. The molecule has 5 unspecified atom stereocenters. The molecule has 0 heterocycles. The van der Waals surface area contributed by atoms with Gasteiger partial charge in [0, 0.05) is 5.41 Å². The molecule has 5 atom stereocenters. The van der Waals surface area contributed by atoms with Crippen molar-refractivity contribution in [3.8, 4) is 0 Å². The molecule has 2 saturated carbocycles. The Kier molecular flexibility index (Phi) is 4.30. The summed E-state index contributed by atoms with van der Waals surface area (Å²) in [7, 11) is 0. The summed E-state index contributed by atoms with van der Waals surface area (Å²) in [6.07, 6.45) is 11.5. The molecular weight excluding hydrogens is 296 g/mol. The topological polar surface area (TPSA) is 40.5 Å². The highest BCUT2D eigenvalue weighted by atomic mass is 16.3. The number of hydrogen-bond acceptors (Lipinski definition) is 2. The highest BCUT2D eigenvalue weighted by molar-refractivity contribution is 5.40. The van der Waals surface area contributed by atoms with E-state index in [1.807, 2.05) is 6.08 Å². The van der Waals surface area contributed by atoms with Crippen LogP contribution in [-0.4, -0.2) is 22.4 Å². The quantitative estimate of drug-likeness (QED) is 0.817. The van der Waals surface area contributed by atoms with Crippen molar-refractivity contribution in [3.05, 3.63) is 47.5 Å². The van der Waals surface area contributed by atoms with Gasteiger partial charge >= 0.3 is 0 Å². The van der Waals surface area contributed by atoms with Gasteiger partial charge in [0.15, 0.2) is 0 Å². The second-order valence-corrected chi connectivity index (χ2v) is 8.48. The number of aliphatic hydroxyl groups excluding tert-OH is 2. The summed E-state index contributed by atoms with van der Waals surface area (Å²) < 4.78 is 0. The molecule has 130 valence electrons. The van der Waals surface area contributed by atoms with Crippen LogP contribution in [0.15, 0.2) is 36.4 Å². The van der Waals surface area contributed by atoms with E-state index in [-0.39, 0.29) is 17.6 Å².